The number of aromatic nitrogens is 2. The number of anilines is 1. The monoisotopic (exact) mass is 312 g/mol. The second kappa shape index (κ2) is 6.27. The lowest BCUT2D eigenvalue weighted by Gasteiger charge is -2.12. The zero-order valence-electron chi connectivity index (χ0n) is 12.0. The summed E-state index contributed by atoms with van der Waals surface area (Å²) in [5.41, 5.74) is 1.33. The van der Waals surface area contributed by atoms with Crippen molar-refractivity contribution in [1.29, 1.82) is 0 Å². The van der Waals surface area contributed by atoms with Gasteiger partial charge in [0, 0.05) is 18.9 Å². The fourth-order valence-electron chi connectivity index (χ4n) is 2.33. The number of para-hydroxylation sites is 2. The quantitative estimate of drug-likeness (QED) is 0.578. The molecule has 0 aliphatic rings. The number of nitrogens with one attached hydrogen (secondary N) is 1. The van der Waals surface area contributed by atoms with Crippen LogP contribution in [-0.2, 0) is 6.54 Å². The van der Waals surface area contributed by atoms with Gasteiger partial charge in [0.25, 0.3) is 0 Å². The fraction of sp³-hybridized carbons (Fsp3) is 0.0625. The van der Waals surface area contributed by atoms with Gasteiger partial charge >= 0.3 is 5.69 Å². The molecule has 3 aromatic rings. The van der Waals surface area contributed by atoms with Crippen LogP contribution >= 0.6 is 0 Å². The molecule has 1 N–H and O–H groups in total. The van der Waals surface area contributed by atoms with E-state index in [0.29, 0.717) is 6.54 Å². The summed E-state index contributed by atoms with van der Waals surface area (Å²) in [5.74, 6) is -0.861. The van der Waals surface area contributed by atoms with Gasteiger partial charge in [-0.2, -0.15) is 9.49 Å². The van der Waals surface area contributed by atoms with E-state index in [1.807, 2.05) is 36.5 Å². The van der Waals surface area contributed by atoms with Gasteiger partial charge in [-0.25, -0.2) is 4.68 Å². The van der Waals surface area contributed by atoms with Crippen LogP contribution in [0, 0.1) is 15.9 Å². The van der Waals surface area contributed by atoms with E-state index in [9.17, 15) is 14.5 Å². The third-order valence-electron chi connectivity index (χ3n) is 3.38. The van der Waals surface area contributed by atoms with E-state index in [1.165, 1.54) is 12.1 Å². The Hall–Kier alpha value is -3.22. The molecule has 0 spiro atoms. The zero-order chi connectivity index (χ0) is 16.2. The Bertz CT molecular complexity index is 834. The highest BCUT2D eigenvalue weighted by Gasteiger charge is 2.19. The Morgan fingerprint density at radius 3 is 2.74 bits per heavy atom. The van der Waals surface area contributed by atoms with Crippen molar-refractivity contribution in [3.63, 3.8) is 0 Å². The number of nitrogens with zero attached hydrogens (tertiary/aromatic N) is 3. The minimum Gasteiger partial charge on any atom is -0.375 e. The highest BCUT2D eigenvalue weighted by atomic mass is 19.1. The molecule has 0 fully saturated rings. The van der Waals surface area contributed by atoms with Gasteiger partial charge in [0.05, 0.1) is 10.6 Å². The van der Waals surface area contributed by atoms with Crippen molar-refractivity contribution in [2.75, 3.05) is 5.32 Å². The van der Waals surface area contributed by atoms with Crippen LogP contribution < -0.4 is 5.32 Å². The summed E-state index contributed by atoms with van der Waals surface area (Å²) < 4.78 is 15.3. The lowest BCUT2D eigenvalue weighted by molar-refractivity contribution is -0.386. The highest BCUT2D eigenvalue weighted by Crippen LogP contribution is 2.28. The maximum atomic E-state index is 13.6. The molecule has 0 atom stereocenters. The molecular formula is C16H13FN4O2. The molecule has 1 aromatic heterocycles. The topological polar surface area (TPSA) is 73.0 Å². The zero-order valence-corrected chi connectivity index (χ0v) is 12.0. The number of hydrogen-bond acceptors (Lipinski definition) is 4. The minimum absolute atomic E-state index is 0.144. The molecule has 23 heavy (non-hydrogen) atoms. The first-order valence-electron chi connectivity index (χ1n) is 6.91. The smallest absolute Gasteiger partial charge is 0.327 e. The van der Waals surface area contributed by atoms with E-state index in [-0.39, 0.29) is 5.69 Å². The second-order valence-electron chi connectivity index (χ2n) is 4.83. The van der Waals surface area contributed by atoms with Gasteiger partial charge in [-0.3, -0.25) is 10.1 Å². The number of rotatable bonds is 5. The van der Waals surface area contributed by atoms with Gasteiger partial charge in [-0.15, -0.1) is 0 Å². The summed E-state index contributed by atoms with van der Waals surface area (Å²) in [7, 11) is 0. The molecule has 6 nitrogen and oxygen atoms in total. The van der Waals surface area contributed by atoms with E-state index >= 15 is 0 Å². The molecule has 0 saturated carbocycles. The second-order valence-corrected chi connectivity index (χ2v) is 4.83. The minimum atomic E-state index is -0.861. The van der Waals surface area contributed by atoms with E-state index in [4.69, 9.17) is 0 Å². The number of nitro benzene ring substituents is 1. The van der Waals surface area contributed by atoms with Gasteiger partial charge in [-0.05, 0) is 29.8 Å². The van der Waals surface area contributed by atoms with Crippen LogP contribution in [0.4, 0.5) is 15.8 Å². The van der Waals surface area contributed by atoms with Crippen molar-refractivity contribution < 1.29 is 9.31 Å². The maximum absolute atomic E-state index is 13.6. The predicted octanol–water partition coefficient (Wildman–Crippen LogP) is 3.53. The average molecular weight is 312 g/mol. The Labute approximate surface area is 131 Å². The Morgan fingerprint density at radius 1 is 1.17 bits per heavy atom. The van der Waals surface area contributed by atoms with Gasteiger partial charge in [-0.1, -0.05) is 24.3 Å². The van der Waals surface area contributed by atoms with E-state index in [2.05, 4.69) is 10.4 Å². The average Bonchev–Trinajstić information content (AvgIpc) is 3.07. The van der Waals surface area contributed by atoms with Crippen LogP contribution in [0.5, 0.6) is 0 Å². The van der Waals surface area contributed by atoms with E-state index in [0.717, 1.165) is 17.3 Å². The first-order chi connectivity index (χ1) is 11.2. The van der Waals surface area contributed by atoms with Gasteiger partial charge in [0.1, 0.15) is 5.69 Å². The van der Waals surface area contributed by atoms with Crippen molar-refractivity contribution in [2.45, 2.75) is 6.54 Å². The molecule has 3 rings (SSSR count). The Balaban J connectivity index is 1.88. The van der Waals surface area contributed by atoms with E-state index < -0.39 is 16.4 Å². The van der Waals surface area contributed by atoms with Crippen LogP contribution in [0.2, 0.25) is 0 Å². The number of halogens is 1. The van der Waals surface area contributed by atoms with Gasteiger partial charge in [0.15, 0.2) is 0 Å². The van der Waals surface area contributed by atoms with Crippen LogP contribution in [-0.4, -0.2) is 14.7 Å². The van der Waals surface area contributed by atoms with Crippen molar-refractivity contribution >= 4 is 11.4 Å². The molecular weight excluding hydrogens is 299 g/mol. The fourth-order valence-corrected chi connectivity index (χ4v) is 2.33. The third-order valence-corrected chi connectivity index (χ3v) is 3.38. The largest absolute Gasteiger partial charge is 0.375 e. The lowest BCUT2D eigenvalue weighted by Crippen LogP contribution is -2.07. The molecule has 0 aliphatic heterocycles. The molecule has 0 amide bonds. The van der Waals surface area contributed by atoms with Crippen LogP contribution in [0.1, 0.15) is 5.56 Å². The predicted molar refractivity (Wildman–Crippen MR) is 83.9 cm³/mol. The molecule has 1 heterocycles. The van der Waals surface area contributed by atoms with Gasteiger partial charge in [0.2, 0.25) is 5.82 Å². The Morgan fingerprint density at radius 2 is 2.00 bits per heavy atom. The number of hydrogen-bond donors (Lipinski definition) is 1. The van der Waals surface area contributed by atoms with Crippen molar-refractivity contribution in [2.24, 2.45) is 0 Å². The summed E-state index contributed by atoms with van der Waals surface area (Å²) in [6.07, 6.45) is 3.48. The molecule has 116 valence electrons. The summed E-state index contributed by atoms with van der Waals surface area (Å²) in [4.78, 5) is 10.3. The summed E-state index contributed by atoms with van der Waals surface area (Å²) in [6, 6.07) is 13.3. The van der Waals surface area contributed by atoms with E-state index in [1.54, 1.807) is 10.9 Å². The molecule has 0 saturated heterocycles. The molecule has 0 radical (unpaired) electrons. The number of benzene rings is 2. The summed E-state index contributed by atoms with van der Waals surface area (Å²) >= 11 is 0. The van der Waals surface area contributed by atoms with Crippen LogP contribution in [0.15, 0.2) is 60.9 Å². The molecule has 0 aliphatic carbocycles. The number of nitro groups is 1. The molecule has 0 unspecified atom stereocenters. The third kappa shape index (κ3) is 3.03. The Kier molecular flexibility index (Phi) is 4.01. The maximum Gasteiger partial charge on any atom is 0.327 e. The van der Waals surface area contributed by atoms with Crippen LogP contribution in [0.3, 0.4) is 0 Å². The highest BCUT2D eigenvalue weighted by molar-refractivity contribution is 5.62. The van der Waals surface area contributed by atoms with Crippen molar-refractivity contribution in [1.82, 2.24) is 9.78 Å². The summed E-state index contributed by atoms with van der Waals surface area (Å²) in [5, 5.41) is 18.1. The molecule has 7 heteroatoms. The van der Waals surface area contributed by atoms with Crippen molar-refractivity contribution in [3.8, 4) is 5.69 Å². The first kappa shape index (κ1) is 14.7. The molecule has 0 bridgehead atoms. The first-order valence-corrected chi connectivity index (χ1v) is 6.91. The standard InChI is InChI=1S/C16H13FN4O2/c17-13-6-3-7-14(16(13)21(22)23)18-11-12-5-1-2-8-15(12)20-10-4-9-19-20/h1-10,18H,11H2. The van der Waals surface area contributed by atoms with Gasteiger partial charge < -0.3 is 5.32 Å². The van der Waals surface area contributed by atoms with Crippen LogP contribution in [0.25, 0.3) is 5.69 Å². The SMILES string of the molecule is O=[N+]([O-])c1c(F)cccc1NCc1ccccc1-n1cccn1. The molecule has 2 aromatic carbocycles. The van der Waals surface area contributed by atoms with Crippen molar-refractivity contribution in [3.05, 3.63) is 82.4 Å². The normalized spacial score (nSPS) is 10.5. The lowest BCUT2D eigenvalue weighted by atomic mass is 10.1. The summed E-state index contributed by atoms with van der Waals surface area (Å²) in [6.45, 7) is 0.306.